The van der Waals surface area contributed by atoms with Gasteiger partial charge in [0, 0.05) is 18.7 Å². The summed E-state index contributed by atoms with van der Waals surface area (Å²) in [6, 6.07) is 23.2. The van der Waals surface area contributed by atoms with Crippen molar-refractivity contribution in [2.24, 2.45) is 0 Å². The summed E-state index contributed by atoms with van der Waals surface area (Å²) in [7, 11) is 0. The van der Waals surface area contributed by atoms with E-state index in [0.29, 0.717) is 29.2 Å². The number of aliphatic hydroxyl groups is 1. The fraction of sp³-hybridized carbons (Fsp3) is 0.241. The van der Waals surface area contributed by atoms with Gasteiger partial charge < -0.3 is 19.5 Å². The van der Waals surface area contributed by atoms with Gasteiger partial charge in [0.1, 0.15) is 17.3 Å². The minimum atomic E-state index is -0.750. The summed E-state index contributed by atoms with van der Waals surface area (Å²) < 4.78 is 11.8. The van der Waals surface area contributed by atoms with Crippen LogP contribution in [-0.2, 0) is 14.3 Å². The maximum atomic E-state index is 13.2. The van der Waals surface area contributed by atoms with Gasteiger partial charge in [0.25, 0.3) is 11.7 Å². The first-order valence-corrected chi connectivity index (χ1v) is 11.8. The first-order chi connectivity index (χ1) is 17.0. The lowest BCUT2D eigenvalue weighted by atomic mass is 9.94. The molecule has 0 aromatic heterocycles. The van der Waals surface area contributed by atoms with Crippen LogP contribution in [0.25, 0.3) is 5.76 Å². The van der Waals surface area contributed by atoms with Gasteiger partial charge in [-0.3, -0.25) is 9.59 Å². The van der Waals surface area contributed by atoms with Crippen molar-refractivity contribution in [1.82, 2.24) is 4.90 Å². The second kappa shape index (κ2) is 9.76. The molecule has 2 heterocycles. The van der Waals surface area contributed by atoms with Crippen molar-refractivity contribution >= 4 is 17.4 Å². The third-order valence-electron chi connectivity index (χ3n) is 6.44. The number of aliphatic hydroxyl groups excluding tert-OH is 1. The molecule has 2 aliphatic heterocycles. The zero-order valence-electron chi connectivity index (χ0n) is 19.5. The Labute approximate surface area is 204 Å². The molecule has 2 aliphatic rings. The van der Waals surface area contributed by atoms with E-state index in [0.717, 1.165) is 18.4 Å². The largest absolute Gasteiger partial charge is 0.507 e. The summed E-state index contributed by atoms with van der Waals surface area (Å²) in [5.74, 6) is -0.254. The minimum absolute atomic E-state index is 0.0775. The number of para-hydroxylation sites is 1. The van der Waals surface area contributed by atoms with Crippen molar-refractivity contribution in [1.29, 1.82) is 0 Å². The lowest BCUT2D eigenvalue weighted by Gasteiger charge is -2.27. The molecular formula is C29H27NO5. The predicted octanol–water partition coefficient (Wildman–Crippen LogP) is 5.39. The monoisotopic (exact) mass is 469 g/mol. The van der Waals surface area contributed by atoms with E-state index < -0.39 is 17.7 Å². The number of likely N-dealkylation sites (tertiary alicyclic amines) is 1. The maximum Gasteiger partial charge on any atom is 0.295 e. The van der Waals surface area contributed by atoms with Crippen molar-refractivity contribution in [3.05, 3.63) is 101 Å². The first-order valence-electron chi connectivity index (χ1n) is 11.8. The molecule has 0 saturated carbocycles. The standard InChI is InChI=1S/C29H27NO5/c1-19-12-14-20(15-13-19)27(31)25-26(30(29(33)28(25)32)18-24-11-6-16-34-24)21-7-5-10-23(17-21)35-22-8-3-2-4-9-22/h2-5,7-10,12-15,17,24,26,31H,6,11,16,18H2,1H3/t24-,26+/m1/s1. The Morgan fingerprint density at radius 1 is 1.00 bits per heavy atom. The summed E-state index contributed by atoms with van der Waals surface area (Å²) in [5.41, 5.74) is 2.29. The third-order valence-corrected chi connectivity index (χ3v) is 6.44. The van der Waals surface area contributed by atoms with E-state index in [2.05, 4.69) is 0 Å². The Kier molecular flexibility index (Phi) is 6.38. The van der Waals surface area contributed by atoms with E-state index in [-0.39, 0.29) is 24.0 Å². The van der Waals surface area contributed by atoms with Gasteiger partial charge >= 0.3 is 0 Å². The molecule has 0 bridgehead atoms. The van der Waals surface area contributed by atoms with Gasteiger partial charge in [-0.15, -0.1) is 0 Å². The van der Waals surface area contributed by atoms with E-state index in [1.165, 1.54) is 4.90 Å². The van der Waals surface area contributed by atoms with E-state index in [9.17, 15) is 14.7 Å². The molecule has 3 aromatic carbocycles. The molecule has 6 nitrogen and oxygen atoms in total. The average molecular weight is 470 g/mol. The molecule has 2 atom stereocenters. The van der Waals surface area contributed by atoms with Gasteiger partial charge in [-0.25, -0.2) is 0 Å². The van der Waals surface area contributed by atoms with Crippen LogP contribution >= 0.6 is 0 Å². The fourth-order valence-corrected chi connectivity index (χ4v) is 4.66. The van der Waals surface area contributed by atoms with Crippen LogP contribution in [0.4, 0.5) is 0 Å². The van der Waals surface area contributed by atoms with Crippen molar-refractivity contribution in [3.63, 3.8) is 0 Å². The zero-order chi connectivity index (χ0) is 24.4. The van der Waals surface area contributed by atoms with Crippen molar-refractivity contribution in [2.75, 3.05) is 13.2 Å². The van der Waals surface area contributed by atoms with Crippen molar-refractivity contribution in [2.45, 2.75) is 31.9 Å². The highest BCUT2D eigenvalue weighted by atomic mass is 16.5. The number of rotatable bonds is 6. The SMILES string of the molecule is Cc1ccc(C(O)=C2C(=O)C(=O)N(C[C@H]3CCCO3)[C@H]2c2cccc(Oc3ccccc3)c2)cc1. The number of benzene rings is 3. The number of ether oxygens (including phenoxy) is 2. The van der Waals surface area contributed by atoms with E-state index in [1.54, 1.807) is 12.1 Å². The van der Waals surface area contributed by atoms with E-state index in [1.807, 2.05) is 73.7 Å². The van der Waals surface area contributed by atoms with Crippen LogP contribution < -0.4 is 4.74 Å². The summed E-state index contributed by atoms with van der Waals surface area (Å²) in [4.78, 5) is 28.0. The Bertz CT molecular complexity index is 1260. The van der Waals surface area contributed by atoms with E-state index in [4.69, 9.17) is 9.47 Å². The molecule has 1 N–H and O–H groups in total. The Balaban J connectivity index is 1.58. The molecule has 0 spiro atoms. The summed E-state index contributed by atoms with van der Waals surface area (Å²) in [6.45, 7) is 2.87. The van der Waals surface area contributed by atoms with Crippen LogP contribution in [0.2, 0.25) is 0 Å². The summed E-state index contributed by atoms with van der Waals surface area (Å²) in [5, 5.41) is 11.2. The van der Waals surface area contributed by atoms with Crippen LogP contribution in [0.15, 0.2) is 84.4 Å². The second-order valence-electron chi connectivity index (χ2n) is 8.94. The molecular weight excluding hydrogens is 442 g/mol. The Morgan fingerprint density at radius 2 is 1.74 bits per heavy atom. The molecule has 0 unspecified atom stereocenters. The molecule has 0 radical (unpaired) electrons. The topological polar surface area (TPSA) is 76.1 Å². The van der Waals surface area contributed by atoms with Crippen LogP contribution in [0.5, 0.6) is 11.5 Å². The number of nitrogens with zero attached hydrogens (tertiary/aromatic N) is 1. The fourth-order valence-electron chi connectivity index (χ4n) is 4.66. The third kappa shape index (κ3) is 4.70. The number of hydrogen-bond acceptors (Lipinski definition) is 5. The Hall–Kier alpha value is -3.90. The molecule has 35 heavy (non-hydrogen) atoms. The molecule has 3 aromatic rings. The average Bonchev–Trinajstić information content (AvgIpc) is 3.47. The molecule has 2 saturated heterocycles. The number of aryl methyl sites for hydroxylation is 1. The smallest absolute Gasteiger partial charge is 0.295 e. The highest BCUT2D eigenvalue weighted by Crippen LogP contribution is 2.41. The first kappa shape index (κ1) is 22.9. The van der Waals surface area contributed by atoms with Gasteiger partial charge in [-0.1, -0.05) is 60.2 Å². The van der Waals surface area contributed by atoms with Crippen LogP contribution in [0, 0.1) is 6.92 Å². The normalized spacial score (nSPS) is 21.5. The molecule has 1 amide bonds. The molecule has 2 fully saturated rings. The number of ketones is 1. The van der Waals surface area contributed by atoms with Gasteiger partial charge in [-0.2, -0.15) is 0 Å². The molecule has 6 heteroatoms. The maximum absolute atomic E-state index is 13.2. The quantitative estimate of drug-likeness (QED) is 0.298. The summed E-state index contributed by atoms with van der Waals surface area (Å²) in [6.07, 6.45) is 1.60. The lowest BCUT2D eigenvalue weighted by Crippen LogP contribution is -2.36. The number of amides is 1. The Morgan fingerprint density at radius 3 is 2.46 bits per heavy atom. The van der Waals surface area contributed by atoms with Crippen LogP contribution in [0.1, 0.15) is 35.6 Å². The number of Topliss-reactive ketones (excluding diaryl/α,β-unsaturated/α-hetero) is 1. The molecule has 5 rings (SSSR count). The summed E-state index contributed by atoms with van der Waals surface area (Å²) >= 11 is 0. The van der Waals surface area contributed by atoms with Crippen molar-refractivity contribution < 1.29 is 24.2 Å². The minimum Gasteiger partial charge on any atom is -0.507 e. The van der Waals surface area contributed by atoms with Gasteiger partial charge in [-0.05, 0) is 49.6 Å². The van der Waals surface area contributed by atoms with Gasteiger partial charge in [0.15, 0.2) is 0 Å². The number of carbonyl (C=O) groups is 2. The predicted molar refractivity (Wildman–Crippen MR) is 132 cm³/mol. The molecule has 0 aliphatic carbocycles. The molecule has 178 valence electrons. The lowest BCUT2D eigenvalue weighted by molar-refractivity contribution is -0.140. The van der Waals surface area contributed by atoms with Crippen molar-refractivity contribution in [3.8, 4) is 11.5 Å². The van der Waals surface area contributed by atoms with Gasteiger partial charge in [0.05, 0.1) is 17.7 Å². The van der Waals surface area contributed by atoms with E-state index >= 15 is 0 Å². The second-order valence-corrected chi connectivity index (χ2v) is 8.94. The highest BCUT2D eigenvalue weighted by molar-refractivity contribution is 6.46. The number of carbonyl (C=O) groups excluding carboxylic acids is 2. The number of hydrogen-bond donors (Lipinski definition) is 1. The van der Waals surface area contributed by atoms with Crippen LogP contribution in [-0.4, -0.2) is 41.0 Å². The zero-order valence-corrected chi connectivity index (χ0v) is 19.5. The van der Waals surface area contributed by atoms with Crippen LogP contribution in [0.3, 0.4) is 0 Å². The van der Waals surface area contributed by atoms with Gasteiger partial charge in [0.2, 0.25) is 0 Å². The highest BCUT2D eigenvalue weighted by Gasteiger charge is 2.47.